The number of hydrogen-bond donors (Lipinski definition) is 2. The molecule has 0 aromatic heterocycles. The number of anilines is 1. The summed E-state index contributed by atoms with van der Waals surface area (Å²) >= 11 is 9.35. The largest absolute Gasteiger partial charge is 0.490 e. The minimum absolute atomic E-state index is 0.239. The summed E-state index contributed by atoms with van der Waals surface area (Å²) in [5.41, 5.74) is 4.13. The van der Waals surface area contributed by atoms with Crippen molar-refractivity contribution in [2.75, 3.05) is 31.7 Å². The van der Waals surface area contributed by atoms with Gasteiger partial charge in [0.1, 0.15) is 0 Å². The summed E-state index contributed by atoms with van der Waals surface area (Å²) in [6, 6.07) is 15.2. The maximum atomic E-state index is 12.7. The Kier molecular flexibility index (Phi) is 12.1. The molecule has 0 aliphatic heterocycles. The second-order valence-corrected chi connectivity index (χ2v) is 9.54. The molecule has 9 nitrogen and oxygen atoms in total. The van der Waals surface area contributed by atoms with E-state index < -0.39 is 5.91 Å². The van der Waals surface area contributed by atoms with Gasteiger partial charge in [-0.1, -0.05) is 18.5 Å². The number of halogens is 2. The quantitative estimate of drug-likeness (QED) is 0.156. The first-order valence-corrected chi connectivity index (χ1v) is 13.9. The zero-order valence-corrected chi connectivity index (χ0v) is 24.8. The zero-order chi connectivity index (χ0) is 28.9. The first kappa shape index (κ1) is 30.8. The Balaban J connectivity index is 1.66. The van der Waals surface area contributed by atoms with Crippen molar-refractivity contribution in [3.05, 3.63) is 75.2 Å². The second-order valence-electron chi connectivity index (χ2n) is 8.25. The summed E-state index contributed by atoms with van der Waals surface area (Å²) in [5.74, 6) is 1.10. The third-order valence-corrected chi connectivity index (χ3v) is 6.00. The van der Waals surface area contributed by atoms with Gasteiger partial charge in [0, 0.05) is 16.3 Å². The van der Waals surface area contributed by atoms with E-state index in [4.69, 9.17) is 30.5 Å². The van der Waals surface area contributed by atoms with Gasteiger partial charge in [-0.2, -0.15) is 5.10 Å². The number of carbonyl (C=O) groups excluding carboxylic acids is 2. The molecule has 3 rings (SSSR count). The van der Waals surface area contributed by atoms with Gasteiger partial charge >= 0.3 is 0 Å². The highest BCUT2D eigenvalue weighted by Crippen LogP contribution is 2.36. The lowest BCUT2D eigenvalue weighted by Gasteiger charge is -2.14. The van der Waals surface area contributed by atoms with Crippen LogP contribution in [0, 0.1) is 0 Å². The average molecular weight is 633 g/mol. The van der Waals surface area contributed by atoms with E-state index in [-0.39, 0.29) is 12.5 Å². The Morgan fingerprint density at radius 2 is 1.62 bits per heavy atom. The molecular formula is C29H31BrClN3O6. The van der Waals surface area contributed by atoms with E-state index in [0.29, 0.717) is 69.1 Å². The Labute approximate surface area is 246 Å². The van der Waals surface area contributed by atoms with Crippen LogP contribution in [0.4, 0.5) is 5.69 Å². The fraction of sp³-hybridized carbons (Fsp3) is 0.276. The number of ether oxygens (including phenoxy) is 4. The summed E-state index contributed by atoms with van der Waals surface area (Å²) in [7, 11) is 0. The van der Waals surface area contributed by atoms with Crippen molar-refractivity contribution >= 4 is 51.2 Å². The van der Waals surface area contributed by atoms with Crippen molar-refractivity contribution in [3.63, 3.8) is 0 Å². The van der Waals surface area contributed by atoms with Crippen LogP contribution in [0.5, 0.6) is 23.0 Å². The maximum Gasteiger partial charge on any atom is 0.271 e. The van der Waals surface area contributed by atoms with Gasteiger partial charge in [-0.05, 0) is 96.4 Å². The molecule has 0 bridgehead atoms. The fourth-order valence-electron chi connectivity index (χ4n) is 3.41. The molecule has 0 atom stereocenters. The molecule has 0 aliphatic carbocycles. The number of benzene rings is 3. The zero-order valence-electron chi connectivity index (χ0n) is 22.5. The standard InChI is InChI=1S/C29H31BrClN3O6/c1-4-13-39-24-12-7-20(16-25(24)37-5-2)29(36)34-32-17-19-14-23(30)28(26(15-19)38-6-3)40-18-27(35)33-22-10-8-21(31)9-11-22/h7-12,14-17H,4-6,13,18H2,1-3H3,(H,33,35)(H,34,36)/b32-17+. The molecule has 0 saturated carbocycles. The van der Waals surface area contributed by atoms with Crippen LogP contribution in [-0.2, 0) is 4.79 Å². The molecule has 0 aliphatic rings. The maximum absolute atomic E-state index is 12.7. The van der Waals surface area contributed by atoms with Crippen LogP contribution in [0.1, 0.15) is 43.1 Å². The predicted octanol–water partition coefficient (Wildman–Crippen LogP) is 6.47. The SMILES string of the molecule is CCCOc1ccc(C(=O)N/N=C/c2cc(Br)c(OCC(=O)Nc3ccc(Cl)cc3)c(OCC)c2)cc1OCC. The number of hydrazone groups is 1. The highest BCUT2D eigenvalue weighted by atomic mass is 79.9. The molecule has 40 heavy (non-hydrogen) atoms. The Hall–Kier alpha value is -3.76. The van der Waals surface area contributed by atoms with Crippen molar-refractivity contribution in [2.24, 2.45) is 5.10 Å². The van der Waals surface area contributed by atoms with Crippen molar-refractivity contribution in [3.8, 4) is 23.0 Å². The molecule has 0 heterocycles. The van der Waals surface area contributed by atoms with Crippen molar-refractivity contribution in [2.45, 2.75) is 27.2 Å². The molecule has 0 fully saturated rings. The van der Waals surface area contributed by atoms with Gasteiger partial charge in [0.15, 0.2) is 29.6 Å². The van der Waals surface area contributed by atoms with Gasteiger partial charge in [-0.3, -0.25) is 9.59 Å². The van der Waals surface area contributed by atoms with Gasteiger partial charge in [0.25, 0.3) is 11.8 Å². The molecular weight excluding hydrogens is 602 g/mol. The van der Waals surface area contributed by atoms with E-state index in [2.05, 4.69) is 31.8 Å². The lowest BCUT2D eigenvalue weighted by atomic mass is 10.2. The van der Waals surface area contributed by atoms with Crippen molar-refractivity contribution in [1.82, 2.24) is 5.43 Å². The number of nitrogens with zero attached hydrogens (tertiary/aromatic N) is 1. The normalized spacial score (nSPS) is 10.7. The van der Waals surface area contributed by atoms with Gasteiger partial charge in [0.2, 0.25) is 0 Å². The lowest BCUT2D eigenvalue weighted by molar-refractivity contribution is -0.118. The van der Waals surface area contributed by atoms with E-state index in [1.165, 1.54) is 6.21 Å². The fourth-order valence-corrected chi connectivity index (χ4v) is 4.11. The number of amides is 2. The topological polar surface area (TPSA) is 107 Å². The van der Waals surface area contributed by atoms with Gasteiger partial charge in [-0.15, -0.1) is 0 Å². The molecule has 2 amide bonds. The third-order valence-electron chi connectivity index (χ3n) is 5.15. The molecule has 2 N–H and O–H groups in total. The summed E-state index contributed by atoms with van der Waals surface area (Å²) in [6.07, 6.45) is 2.33. The van der Waals surface area contributed by atoms with E-state index in [1.807, 2.05) is 20.8 Å². The monoisotopic (exact) mass is 631 g/mol. The van der Waals surface area contributed by atoms with Crippen molar-refractivity contribution < 1.29 is 28.5 Å². The lowest BCUT2D eigenvalue weighted by Crippen LogP contribution is -2.20. The molecule has 0 radical (unpaired) electrons. The minimum Gasteiger partial charge on any atom is -0.490 e. The minimum atomic E-state index is -0.407. The van der Waals surface area contributed by atoms with E-state index >= 15 is 0 Å². The Morgan fingerprint density at radius 3 is 2.33 bits per heavy atom. The first-order chi connectivity index (χ1) is 19.3. The van der Waals surface area contributed by atoms with Crippen LogP contribution in [0.25, 0.3) is 0 Å². The number of carbonyl (C=O) groups is 2. The van der Waals surface area contributed by atoms with Crippen LogP contribution in [0.15, 0.2) is 64.2 Å². The van der Waals surface area contributed by atoms with Crippen LogP contribution in [0.2, 0.25) is 5.02 Å². The second kappa shape index (κ2) is 15.7. The molecule has 0 unspecified atom stereocenters. The third kappa shape index (κ3) is 9.17. The van der Waals surface area contributed by atoms with Crippen molar-refractivity contribution in [1.29, 1.82) is 0 Å². The van der Waals surface area contributed by atoms with E-state index in [9.17, 15) is 9.59 Å². The smallest absolute Gasteiger partial charge is 0.271 e. The summed E-state index contributed by atoms with van der Waals surface area (Å²) in [4.78, 5) is 25.0. The van der Waals surface area contributed by atoms with Crippen LogP contribution in [-0.4, -0.2) is 44.5 Å². The van der Waals surface area contributed by atoms with E-state index in [1.54, 1.807) is 54.6 Å². The number of hydrogen-bond acceptors (Lipinski definition) is 7. The van der Waals surface area contributed by atoms with Gasteiger partial charge in [0.05, 0.1) is 30.5 Å². The molecule has 212 valence electrons. The summed E-state index contributed by atoms with van der Waals surface area (Å²) in [5, 5.41) is 7.39. The number of rotatable bonds is 14. The van der Waals surface area contributed by atoms with Gasteiger partial charge < -0.3 is 24.3 Å². The predicted molar refractivity (Wildman–Crippen MR) is 159 cm³/mol. The Bertz CT molecular complexity index is 1330. The van der Waals surface area contributed by atoms with E-state index in [0.717, 1.165) is 6.42 Å². The Morgan fingerprint density at radius 1 is 0.900 bits per heavy atom. The number of nitrogens with one attached hydrogen (secondary N) is 2. The molecule has 11 heteroatoms. The molecule has 3 aromatic rings. The highest BCUT2D eigenvalue weighted by molar-refractivity contribution is 9.10. The van der Waals surface area contributed by atoms with Crippen LogP contribution in [0.3, 0.4) is 0 Å². The average Bonchev–Trinajstić information content (AvgIpc) is 2.93. The van der Waals surface area contributed by atoms with Crippen LogP contribution >= 0.6 is 27.5 Å². The molecule has 0 spiro atoms. The summed E-state index contributed by atoms with van der Waals surface area (Å²) < 4.78 is 23.3. The van der Waals surface area contributed by atoms with Crippen LogP contribution < -0.4 is 29.7 Å². The molecule has 0 saturated heterocycles. The molecule has 3 aromatic carbocycles. The first-order valence-electron chi connectivity index (χ1n) is 12.7. The highest BCUT2D eigenvalue weighted by Gasteiger charge is 2.15. The van der Waals surface area contributed by atoms with Gasteiger partial charge in [-0.25, -0.2) is 5.43 Å². The summed E-state index contributed by atoms with van der Waals surface area (Å²) in [6.45, 7) is 6.83.